The molecule has 0 heterocycles. The highest BCUT2D eigenvalue weighted by Gasteiger charge is 2.14. The standard InChI is InChI=1S/C21H27NO/c1-15(2)13-18-9-11-20(12-10-18)17(4)21(23)22-14-19-7-5-16(3)6-8-19/h5-12,15,17H,13-14H2,1-4H3,(H,22,23). The summed E-state index contributed by atoms with van der Waals surface area (Å²) in [4.78, 5) is 12.3. The third-order valence-electron chi connectivity index (χ3n) is 4.10. The molecule has 1 unspecified atom stereocenters. The quantitative estimate of drug-likeness (QED) is 0.829. The first-order valence-electron chi connectivity index (χ1n) is 8.38. The Morgan fingerprint density at radius 2 is 1.48 bits per heavy atom. The number of benzene rings is 2. The van der Waals surface area contributed by atoms with Crippen LogP contribution in [0, 0.1) is 12.8 Å². The van der Waals surface area contributed by atoms with E-state index in [2.05, 4.69) is 74.6 Å². The highest BCUT2D eigenvalue weighted by Crippen LogP contribution is 2.18. The van der Waals surface area contributed by atoms with Crippen molar-refractivity contribution >= 4 is 5.91 Å². The maximum Gasteiger partial charge on any atom is 0.227 e. The van der Waals surface area contributed by atoms with Gasteiger partial charge in [-0.15, -0.1) is 0 Å². The first-order valence-corrected chi connectivity index (χ1v) is 8.38. The first kappa shape index (κ1) is 17.3. The molecule has 0 aromatic heterocycles. The van der Waals surface area contributed by atoms with Crippen molar-refractivity contribution in [2.75, 3.05) is 0 Å². The van der Waals surface area contributed by atoms with Crippen molar-refractivity contribution in [3.05, 3.63) is 70.8 Å². The fourth-order valence-electron chi connectivity index (χ4n) is 2.61. The number of amides is 1. The van der Waals surface area contributed by atoms with Gasteiger partial charge >= 0.3 is 0 Å². The lowest BCUT2D eigenvalue weighted by atomic mass is 9.96. The summed E-state index contributed by atoms with van der Waals surface area (Å²) >= 11 is 0. The molecule has 23 heavy (non-hydrogen) atoms. The second-order valence-electron chi connectivity index (χ2n) is 6.76. The summed E-state index contributed by atoms with van der Waals surface area (Å²) < 4.78 is 0. The smallest absolute Gasteiger partial charge is 0.227 e. The zero-order valence-corrected chi connectivity index (χ0v) is 14.6. The number of nitrogens with one attached hydrogen (secondary N) is 1. The summed E-state index contributed by atoms with van der Waals surface area (Å²) in [5.74, 6) is 0.590. The second kappa shape index (κ2) is 7.96. The van der Waals surface area contributed by atoms with E-state index in [0.29, 0.717) is 12.5 Å². The topological polar surface area (TPSA) is 29.1 Å². The van der Waals surface area contributed by atoms with Gasteiger partial charge < -0.3 is 5.32 Å². The number of rotatable bonds is 6. The van der Waals surface area contributed by atoms with E-state index in [1.165, 1.54) is 11.1 Å². The molecule has 0 bridgehead atoms. The molecule has 122 valence electrons. The minimum Gasteiger partial charge on any atom is -0.352 e. The van der Waals surface area contributed by atoms with E-state index < -0.39 is 0 Å². The molecule has 2 aromatic rings. The van der Waals surface area contributed by atoms with Crippen molar-refractivity contribution < 1.29 is 4.79 Å². The average molecular weight is 309 g/mol. The molecule has 0 radical (unpaired) electrons. The largest absolute Gasteiger partial charge is 0.352 e. The molecule has 1 amide bonds. The Morgan fingerprint density at radius 3 is 2.04 bits per heavy atom. The number of aryl methyl sites for hydroxylation is 1. The lowest BCUT2D eigenvalue weighted by Gasteiger charge is -2.14. The van der Waals surface area contributed by atoms with Gasteiger partial charge in [0.1, 0.15) is 0 Å². The van der Waals surface area contributed by atoms with Crippen LogP contribution in [0.25, 0.3) is 0 Å². The summed E-state index contributed by atoms with van der Waals surface area (Å²) in [6.45, 7) is 9.04. The van der Waals surface area contributed by atoms with Crippen molar-refractivity contribution in [1.82, 2.24) is 5.32 Å². The van der Waals surface area contributed by atoms with Crippen LogP contribution < -0.4 is 5.32 Å². The van der Waals surface area contributed by atoms with Gasteiger partial charge in [-0.2, -0.15) is 0 Å². The van der Waals surface area contributed by atoms with Gasteiger partial charge in [-0.05, 0) is 42.9 Å². The molecule has 0 spiro atoms. The minimum absolute atomic E-state index is 0.0715. The number of hydrogen-bond donors (Lipinski definition) is 1. The van der Waals surface area contributed by atoms with Crippen LogP contribution in [-0.4, -0.2) is 5.91 Å². The van der Waals surface area contributed by atoms with Crippen LogP contribution >= 0.6 is 0 Å². The molecule has 2 aromatic carbocycles. The van der Waals surface area contributed by atoms with E-state index in [-0.39, 0.29) is 11.8 Å². The molecule has 0 aliphatic rings. The zero-order chi connectivity index (χ0) is 16.8. The van der Waals surface area contributed by atoms with E-state index in [0.717, 1.165) is 17.5 Å². The van der Waals surface area contributed by atoms with E-state index in [1.807, 2.05) is 6.92 Å². The normalized spacial score (nSPS) is 12.2. The van der Waals surface area contributed by atoms with E-state index in [1.54, 1.807) is 0 Å². The van der Waals surface area contributed by atoms with Crippen LogP contribution in [0.3, 0.4) is 0 Å². The summed E-state index contributed by atoms with van der Waals surface area (Å²) in [6, 6.07) is 16.7. The summed E-state index contributed by atoms with van der Waals surface area (Å²) in [6.07, 6.45) is 1.08. The van der Waals surface area contributed by atoms with E-state index >= 15 is 0 Å². The zero-order valence-electron chi connectivity index (χ0n) is 14.6. The van der Waals surface area contributed by atoms with Crippen molar-refractivity contribution in [2.45, 2.75) is 46.6 Å². The summed E-state index contributed by atoms with van der Waals surface area (Å²) in [7, 11) is 0. The highest BCUT2D eigenvalue weighted by atomic mass is 16.1. The van der Waals surface area contributed by atoms with Gasteiger partial charge in [0.2, 0.25) is 5.91 Å². The summed E-state index contributed by atoms with van der Waals surface area (Å²) in [5, 5.41) is 3.02. The molecule has 0 saturated carbocycles. The van der Waals surface area contributed by atoms with Crippen molar-refractivity contribution in [1.29, 1.82) is 0 Å². The second-order valence-corrected chi connectivity index (χ2v) is 6.76. The molecule has 0 fully saturated rings. The Balaban J connectivity index is 1.92. The van der Waals surface area contributed by atoms with E-state index in [9.17, 15) is 4.79 Å². The Bertz CT molecular complexity index is 626. The van der Waals surface area contributed by atoms with Crippen molar-refractivity contribution in [3.63, 3.8) is 0 Å². The number of carbonyl (C=O) groups excluding carboxylic acids is 1. The van der Waals surface area contributed by atoms with Gasteiger partial charge in [0, 0.05) is 6.54 Å². The summed E-state index contributed by atoms with van der Waals surface area (Å²) in [5.41, 5.74) is 4.76. The maximum absolute atomic E-state index is 12.3. The molecule has 2 heteroatoms. The van der Waals surface area contributed by atoms with Gasteiger partial charge in [0.05, 0.1) is 5.92 Å². The SMILES string of the molecule is Cc1ccc(CNC(=O)C(C)c2ccc(CC(C)C)cc2)cc1. The predicted octanol–water partition coefficient (Wildman–Crippen LogP) is 4.61. The van der Waals surface area contributed by atoms with Crippen LogP contribution in [0.15, 0.2) is 48.5 Å². The lowest BCUT2D eigenvalue weighted by molar-refractivity contribution is -0.122. The first-order chi connectivity index (χ1) is 11.0. The fraction of sp³-hybridized carbons (Fsp3) is 0.381. The molecule has 0 saturated heterocycles. The van der Waals surface area contributed by atoms with E-state index in [4.69, 9.17) is 0 Å². The van der Waals surface area contributed by atoms with Crippen LogP contribution in [0.2, 0.25) is 0 Å². The number of carbonyl (C=O) groups is 1. The molecular formula is C21H27NO. The third kappa shape index (κ3) is 5.24. The molecule has 2 nitrogen and oxygen atoms in total. The maximum atomic E-state index is 12.3. The monoisotopic (exact) mass is 309 g/mol. The number of hydrogen-bond acceptors (Lipinski definition) is 1. The molecular weight excluding hydrogens is 282 g/mol. The molecule has 1 N–H and O–H groups in total. The van der Waals surface area contributed by atoms with Gasteiger partial charge in [0.25, 0.3) is 0 Å². The van der Waals surface area contributed by atoms with Gasteiger partial charge in [-0.3, -0.25) is 4.79 Å². The van der Waals surface area contributed by atoms with Gasteiger partial charge in [-0.1, -0.05) is 67.9 Å². The lowest BCUT2D eigenvalue weighted by Crippen LogP contribution is -2.27. The predicted molar refractivity (Wildman–Crippen MR) is 96.4 cm³/mol. The highest BCUT2D eigenvalue weighted by molar-refractivity contribution is 5.83. The Hall–Kier alpha value is -2.09. The average Bonchev–Trinajstić information content (AvgIpc) is 2.53. The van der Waals surface area contributed by atoms with Crippen LogP contribution in [0.4, 0.5) is 0 Å². The molecule has 0 aliphatic heterocycles. The fourth-order valence-corrected chi connectivity index (χ4v) is 2.61. The van der Waals surface area contributed by atoms with Gasteiger partial charge in [-0.25, -0.2) is 0 Å². The van der Waals surface area contributed by atoms with Crippen LogP contribution in [0.1, 0.15) is 48.9 Å². The van der Waals surface area contributed by atoms with Gasteiger partial charge in [0.15, 0.2) is 0 Å². The Labute approximate surface area is 139 Å². The van der Waals surface area contributed by atoms with Crippen molar-refractivity contribution in [3.8, 4) is 0 Å². The third-order valence-corrected chi connectivity index (χ3v) is 4.10. The van der Waals surface area contributed by atoms with Crippen LogP contribution in [0.5, 0.6) is 0 Å². The Morgan fingerprint density at radius 1 is 0.913 bits per heavy atom. The Kier molecular flexibility index (Phi) is 5.97. The van der Waals surface area contributed by atoms with Crippen LogP contribution in [-0.2, 0) is 17.8 Å². The minimum atomic E-state index is -0.131. The molecule has 1 atom stereocenters. The van der Waals surface area contributed by atoms with Crippen molar-refractivity contribution in [2.24, 2.45) is 5.92 Å². The molecule has 2 rings (SSSR count). The molecule has 0 aliphatic carbocycles.